The molecule has 1 heterocycles. The number of amides is 1. The van der Waals surface area contributed by atoms with Gasteiger partial charge in [0.1, 0.15) is 0 Å². The van der Waals surface area contributed by atoms with Crippen molar-refractivity contribution in [1.82, 2.24) is 10.2 Å². The Morgan fingerprint density at radius 2 is 2.39 bits per heavy atom. The van der Waals surface area contributed by atoms with Crippen LogP contribution in [0.15, 0.2) is 22.7 Å². The molecule has 0 spiro atoms. The second kappa shape index (κ2) is 6.04. The third-order valence-corrected chi connectivity index (χ3v) is 4.16. The molecule has 18 heavy (non-hydrogen) atoms. The summed E-state index contributed by atoms with van der Waals surface area (Å²) in [5.74, 6) is 0.0575. The van der Waals surface area contributed by atoms with E-state index in [4.69, 9.17) is 11.6 Å². The molecule has 1 aromatic carbocycles. The summed E-state index contributed by atoms with van der Waals surface area (Å²) < 4.78 is 0.798. The van der Waals surface area contributed by atoms with E-state index in [1.54, 1.807) is 12.1 Å². The number of likely N-dealkylation sites (tertiary alicyclic amines) is 1. The molecule has 0 aromatic heterocycles. The number of nitrogens with one attached hydrogen (secondary N) is 1. The lowest BCUT2D eigenvalue weighted by Crippen LogP contribution is -2.40. The summed E-state index contributed by atoms with van der Waals surface area (Å²) in [5.41, 5.74) is 0.644. The van der Waals surface area contributed by atoms with Crippen LogP contribution in [0, 0.1) is 0 Å². The van der Waals surface area contributed by atoms with Gasteiger partial charge in [-0.25, -0.2) is 0 Å². The lowest BCUT2D eigenvalue weighted by Gasteiger charge is -2.25. The van der Waals surface area contributed by atoms with Crippen LogP contribution in [-0.2, 0) is 0 Å². The van der Waals surface area contributed by atoms with Gasteiger partial charge in [0.2, 0.25) is 0 Å². The molecule has 0 radical (unpaired) electrons. The van der Waals surface area contributed by atoms with Gasteiger partial charge >= 0.3 is 0 Å². The van der Waals surface area contributed by atoms with E-state index in [-0.39, 0.29) is 11.9 Å². The molecule has 0 bridgehead atoms. The van der Waals surface area contributed by atoms with Crippen LogP contribution in [0.2, 0.25) is 5.02 Å². The van der Waals surface area contributed by atoms with E-state index < -0.39 is 0 Å². The van der Waals surface area contributed by atoms with E-state index in [0.29, 0.717) is 10.6 Å². The van der Waals surface area contributed by atoms with E-state index in [1.165, 1.54) is 0 Å². The molecular formula is C13H16BrClN2O. The molecule has 1 aromatic rings. The van der Waals surface area contributed by atoms with Gasteiger partial charge in [-0.05, 0) is 54.0 Å². The zero-order valence-electron chi connectivity index (χ0n) is 10.2. The van der Waals surface area contributed by atoms with E-state index in [9.17, 15) is 4.79 Å². The summed E-state index contributed by atoms with van der Waals surface area (Å²) >= 11 is 9.38. The minimum atomic E-state index is 0.0575. The van der Waals surface area contributed by atoms with Crippen molar-refractivity contribution >= 4 is 33.4 Å². The topological polar surface area (TPSA) is 32.3 Å². The average Bonchev–Trinajstić information content (AvgIpc) is 2.80. The third-order valence-electron chi connectivity index (χ3n) is 3.24. The fraction of sp³-hybridized carbons (Fsp3) is 0.462. The van der Waals surface area contributed by atoms with Crippen molar-refractivity contribution in [2.24, 2.45) is 0 Å². The first-order chi connectivity index (χ1) is 8.63. The lowest BCUT2D eigenvalue weighted by atomic mass is 10.1. The fourth-order valence-electron chi connectivity index (χ4n) is 2.37. The molecule has 1 aliphatic rings. The van der Waals surface area contributed by atoms with Crippen LogP contribution in [0.25, 0.3) is 0 Å². The van der Waals surface area contributed by atoms with E-state index in [1.807, 2.05) is 18.0 Å². The van der Waals surface area contributed by atoms with Gasteiger partial charge in [0, 0.05) is 28.6 Å². The zero-order chi connectivity index (χ0) is 13.1. The molecule has 5 heteroatoms. The molecule has 1 saturated heterocycles. The molecule has 1 amide bonds. The highest BCUT2D eigenvalue weighted by atomic mass is 79.9. The smallest absolute Gasteiger partial charge is 0.255 e. The fourth-order valence-corrected chi connectivity index (χ4v) is 2.96. The number of hydrogen-bond acceptors (Lipinski definition) is 2. The monoisotopic (exact) mass is 330 g/mol. The van der Waals surface area contributed by atoms with Crippen molar-refractivity contribution in [2.75, 3.05) is 20.1 Å². The van der Waals surface area contributed by atoms with Gasteiger partial charge < -0.3 is 10.2 Å². The van der Waals surface area contributed by atoms with E-state index >= 15 is 0 Å². The highest BCUT2D eigenvalue weighted by Gasteiger charge is 2.29. The van der Waals surface area contributed by atoms with Crippen LogP contribution < -0.4 is 5.32 Å². The van der Waals surface area contributed by atoms with E-state index in [2.05, 4.69) is 21.2 Å². The van der Waals surface area contributed by atoms with Crippen molar-refractivity contribution in [3.8, 4) is 0 Å². The number of nitrogens with zero attached hydrogens (tertiary/aromatic N) is 1. The average molecular weight is 332 g/mol. The van der Waals surface area contributed by atoms with Crippen LogP contribution in [0.5, 0.6) is 0 Å². The highest BCUT2D eigenvalue weighted by molar-refractivity contribution is 9.10. The van der Waals surface area contributed by atoms with Crippen molar-refractivity contribution in [3.05, 3.63) is 33.3 Å². The Balaban J connectivity index is 2.22. The molecule has 1 N–H and O–H groups in total. The summed E-state index contributed by atoms with van der Waals surface area (Å²) in [6.45, 7) is 1.66. The summed E-state index contributed by atoms with van der Waals surface area (Å²) in [7, 11) is 1.91. The number of carbonyl (C=O) groups is 1. The van der Waals surface area contributed by atoms with Gasteiger partial charge in [-0.3, -0.25) is 4.79 Å². The lowest BCUT2D eigenvalue weighted by molar-refractivity contribution is 0.0736. The Bertz CT molecular complexity index is 453. The number of halogens is 2. The zero-order valence-corrected chi connectivity index (χ0v) is 12.6. The second-order valence-corrected chi connectivity index (χ2v) is 5.77. The van der Waals surface area contributed by atoms with Gasteiger partial charge in [0.15, 0.2) is 0 Å². The first-order valence-corrected chi connectivity index (χ1v) is 7.21. The SMILES string of the molecule is CNC[C@@H]1CCCN1C(=O)c1cc(Cl)ccc1Br. The first kappa shape index (κ1) is 13.8. The predicted octanol–water partition coefficient (Wildman–Crippen LogP) is 2.93. The maximum absolute atomic E-state index is 12.5. The molecule has 1 aliphatic heterocycles. The Morgan fingerprint density at radius 3 is 3.11 bits per heavy atom. The molecule has 3 nitrogen and oxygen atoms in total. The predicted molar refractivity (Wildman–Crippen MR) is 77.1 cm³/mol. The second-order valence-electron chi connectivity index (χ2n) is 4.48. The van der Waals surface area contributed by atoms with Crippen LogP contribution >= 0.6 is 27.5 Å². The van der Waals surface area contributed by atoms with Gasteiger partial charge in [-0.1, -0.05) is 11.6 Å². The molecule has 0 saturated carbocycles. The first-order valence-electron chi connectivity index (χ1n) is 6.04. The van der Waals surface area contributed by atoms with Crippen LogP contribution in [0.4, 0.5) is 0 Å². The normalized spacial score (nSPS) is 19.3. The number of benzene rings is 1. The Kier molecular flexibility index (Phi) is 4.65. The summed E-state index contributed by atoms with van der Waals surface area (Å²) in [6.07, 6.45) is 2.13. The van der Waals surface area contributed by atoms with Crippen molar-refractivity contribution < 1.29 is 4.79 Å². The van der Waals surface area contributed by atoms with Crippen LogP contribution in [-0.4, -0.2) is 37.0 Å². The van der Waals surface area contributed by atoms with Gasteiger partial charge in [-0.15, -0.1) is 0 Å². The van der Waals surface area contributed by atoms with Crippen LogP contribution in [0.1, 0.15) is 23.2 Å². The third kappa shape index (κ3) is 2.87. The Hall–Kier alpha value is -0.580. The molecule has 1 atom stereocenters. The number of likely N-dealkylation sites (N-methyl/N-ethyl adjacent to an activating group) is 1. The molecule has 1 fully saturated rings. The Morgan fingerprint density at radius 1 is 1.61 bits per heavy atom. The van der Waals surface area contributed by atoms with Gasteiger partial charge in [-0.2, -0.15) is 0 Å². The minimum Gasteiger partial charge on any atom is -0.334 e. The summed E-state index contributed by atoms with van der Waals surface area (Å²) in [4.78, 5) is 14.5. The molecular weight excluding hydrogens is 316 g/mol. The number of rotatable bonds is 3. The van der Waals surface area contributed by atoms with Gasteiger partial charge in [0.05, 0.1) is 5.56 Å². The minimum absolute atomic E-state index is 0.0575. The number of hydrogen-bond donors (Lipinski definition) is 1. The quantitative estimate of drug-likeness (QED) is 0.923. The molecule has 2 rings (SSSR count). The molecule has 0 unspecified atom stereocenters. The maximum atomic E-state index is 12.5. The van der Waals surface area contributed by atoms with Crippen LogP contribution in [0.3, 0.4) is 0 Å². The molecule has 0 aliphatic carbocycles. The molecule has 98 valence electrons. The summed E-state index contributed by atoms with van der Waals surface area (Å²) in [6, 6.07) is 5.60. The standard InChI is InChI=1S/C13H16BrClN2O/c1-16-8-10-3-2-6-17(10)13(18)11-7-9(15)4-5-12(11)14/h4-5,7,10,16H,2-3,6,8H2,1H3/t10-/m0/s1. The summed E-state index contributed by atoms with van der Waals surface area (Å²) in [5, 5.41) is 3.73. The van der Waals surface area contributed by atoms with Crippen molar-refractivity contribution in [2.45, 2.75) is 18.9 Å². The van der Waals surface area contributed by atoms with Crippen molar-refractivity contribution in [3.63, 3.8) is 0 Å². The van der Waals surface area contributed by atoms with E-state index in [0.717, 1.165) is 30.4 Å². The van der Waals surface area contributed by atoms with Crippen molar-refractivity contribution in [1.29, 1.82) is 0 Å². The largest absolute Gasteiger partial charge is 0.334 e. The maximum Gasteiger partial charge on any atom is 0.255 e. The number of carbonyl (C=O) groups excluding carboxylic acids is 1. The highest BCUT2D eigenvalue weighted by Crippen LogP contribution is 2.26. The van der Waals surface area contributed by atoms with Gasteiger partial charge in [0.25, 0.3) is 5.91 Å². The Labute approximate surface area is 121 Å².